The Morgan fingerprint density at radius 1 is 1.38 bits per heavy atom. The smallest absolute Gasteiger partial charge is 0.358 e. The Kier molecular flexibility index (Phi) is 4.90. The number of carbonyl (C=O) groups excluding carboxylic acids is 1. The number of pyridine rings is 1. The molecule has 0 amide bonds. The van der Waals surface area contributed by atoms with Gasteiger partial charge in [0.1, 0.15) is 23.4 Å². The molecule has 0 spiro atoms. The quantitative estimate of drug-likeness (QED) is 0.640. The monoisotopic (exact) mass is 397 g/mol. The second-order valence-electron chi connectivity index (χ2n) is 6.38. The Hall–Kier alpha value is -3.82. The topological polar surface area (TPSA) is 123 Å². The number of hydrogen-bond donors (Lipinski definition) is 2. The number of ether oxygens (including phenoxy) is 1. The van der Waals surface area contributed by atoms with Crippen LogP contribution in [0.4, 0.5) is 10.2 Å². The van der Waals surface area contributed by atoms with Gasteiger partial charge in [0.05, 0.1) is 31.5 Å². The molecule has 0 fully saturated rings. The van der Waals surface area contributed by atoms with Crippen molar-refractivity contribution in [3.8, 4) is 0 Å². The minimum Gasteiger partial charge on any atom is -0.464 e. The van der Waals surface area contributed by atoms with Crippen LogP contribution in [0, 0.1) is 5.82 Å². The van der Waals surface area contributed by atoms with Gasteiger partial charge >= 0.3 is 5.97 Å². The van der Waals surface area contributed by atoms with Gasteiger partial charge in [0.2, 0.25) is 0 Å². The number of rotatable bonds is 4. The molecule has 1 atom stereocenters. The fourth-order valence-corrected chi connectivity index (χ4v) is 3.28. The van der Waals surface area contributed by atoms with Crippen LogP contribution in [0.2, 0.25) is 0 Å². The molecule has 0 bridgehead atoms. The van der Waals surface area contributed by atoms with Gasteiger partial charge in [-0.15, -0.1) is 0 Å². The lowest BCUT2D eigenvalue weighted by molar-refractivity contribution is 0.0593. The number of nitrogens with zero attached hydrogens (tertiary/aromatic N) is 5. The molecule has 3 aromatic heterocycles. The van der Waals surface area contributed by atoms with E-state index < -0.39 is 17.8 Å². The van der Waals surface area contributed by atoms with Crippen molar-refractivity contribution in [2.75, 3.05) is 18.6 Å². The maximum atomic E-state index is 14.1. The van der Waals surface area contributed by atoms with Gasteiger partial charge in [-0.2, -0.15) is 0 Å². The summed E-state index contributed by atoms with van der Waals surface area (Å²) in [7, 11) is 1.28. The summed E-state index contributed by atoms with van der Waals surface area (Å²) in [4.78, 5) is 33.5. The maximum absolute atomic E-state index is 14.1. The van der Waals surface area contributed by atoms with Crippen LogP contribution in [-0.4, -0.2) is 44.5 Å². The standard InChI is InChI=1S/C19H18FN7O2.H2/c1-29-19(28)15-8-24-16(9-23-15)27-6-4-13-17(26-10-25-13)18(27)12(21)7-14-11(20)3-2-5-22-14;/h2-3,5,7-10,18H,4,6,21H2,1H3,(H,25,26);1H/b12-7-;/t18-;/m1./s1. The lowest BCUT2D eigenvalue weighted by Crippen LogP contribution is -2.39. The summed E-state index contributed by atoms with van der Waals surface area (Å²) >= 11 is 0. The van der Waals surface area contributed by atoms with Crippen molar-refractivity contribution < 1.29 is 15.3 Å². The number of H-pyrrole nitrogens is 1. The van der Waals surface area contributed by atoms with E-state index in [0.717, 1.165) is 11.4 Å². The number of anilines is 1. The zero-order valence-electron chi connectivity index (χ0n) is 15.5. The molecule has 9 nitrogen and oxygen atoms in total. The molecular weight excluding hydrogens is 377 g/mol. The highest BCUT2D eigenvalue weighted by Crippen LogP contribution is 2.34. The molecule has 0 radical (unpaired) electrons. The molecule has 29 heavy (non-hydrogen) atoms. The van der Waals surface area contributed by atoms with Crippen molar-refractivity contribution in [3.63, 3.8) is 0 Å². The van der Waals surface area contributed by atoms with Crippen LogP contribution in [0.5, 0.6) is 0 Å². The molecular formula is C19H20FN7O2. The average molecular weight is 397 g/mol. The number of aromatic amines is 1. The molecule has 4 rings (SSSR count). The number of nitrogens with two attached hydrogens (primary N) is 1. The Morgan fingerprint density at radius 3 is 2.97 bits per heavy atom. The van der Waals surface area contributed by atoms with Crippen molar-refractivity contribution in [2.24, 2.45) is 5.73 Å². The van der Waals surface area contributed by atoms with Gasteiger partial charge in [-0.1, -0.05) is 0 Å². The van der Waals surface area contributed by atoms with Crippen LogP contribution in [0.1, 0.15) is 35.0 Å². The highest BCUT2D eigenvalue weighted by atomic mass is 19.1. The molecule has 4 heterocycles. The fourth-order valence-electron chi connectivity index (χ4n) is 3.28. The first-order valence-corrected chi connectivity index (χ1v) is 8.85. The average Bonchev–Trinajstić information content (AvgIpc) is 3.23. The molecule has 0 aliphatic carbocycles. The number of aromatic nitrogens is 5. The summed E-state index contributed by atoms with van der Waals surface area (Å²) < 4.78 is 18.7. The van der Waals surface area contributed by atoms with Crippen molar-refractivity contribution in [1.29, 1.82) is 0 Å². The lowest BCUT2D eigenvalue weighted by Gasteiger charge is -2.35. The number of carbonyl (C=O) groups is 1. The van der Waals surface area contributed by atoms with Crippen LogP contribution >= 0.6 is 0 Å². The summed E-state index contributed by atoms with van der Waals surface area (Å²) in [5, 5.41) is 0. The zero-order chi connectivity index (χ0) is 20.4. The van der Waals surface area contributed by atoms with E-state index in [0.29, 0.717) is 24.5 Å². The first-order chi connectivity index (χ1) is 14.1. The van der Waals surface area contributed by atoms with Crippen molar-refractivity contribution in [1.82, 2.24) is 24.9 Å². The van der Waals surface area contributed by atoms with E-state index in [4.69, 9.17) is 5.73 Å². The Labute approximate surface area is 167 Å². The molecule has 0 aromatic carbocycles. The van der Waals surface area contributed by atoms with E-state index >= 15 is 0 Å². The number of esters is 1. The predicted octanol–water partition coefficient (Wildman–Crippen LogP) is 1.87. The van der Waals surface area contributed by atoms with Gasteiger partial charge in [-0.3, -0.25) is 4.98 Å². The van der Waals surface area contributed by atoms with E-state index in [1.165, 1.54) is 43.9 Å². The number of halogens is 1. The number of methoxy groups -OCH3 is 1. The van der Waals surface area contributed by atoms with Crippen LogP contribution < -0.4 is 10.6 Å². The summed E-state index contributed by atoms with van der Waals surface area (Å²) in [5.41, 5.74) is 8.65. The summed E-state index contributed by atoms with van der Waals surface area (Å²) in [6.45, 7) is 0.575. The first kappa shape index (κ1) is 18.5. The van der Waals surface area contributed by atoms with E-state index in [2.05, 4.69) is 29.7 Å². The molecule has 0 saturated heterocycles. The number of imidazole rings is 1. The van der Waals surface area contributed by atoms with Crippen LogP contribution in [0.15, 0.2) is 42.7 Å². The highest BCUT2D eigenvalue weighted by Gasteiger charge is 2.33. The Bertz CT molecular complexity index is 1070. The number of hydrogen-bond acceptors (Lipinski definition) is 8. The highest BCUT2D eigenvalue weighted by molar-refractivity contribution is 5.86. The number of fused-ring (bicyclic) bond motifs is 1. The third kappa shape index (κ3) is 3.51. The van der Waals surface area contributed by atoms with E-state index in [1.807, 2.05) is 4.90 Å². The molecule has 3 aromatic rings. The third-order valence-corrected chi connectivity index (χ3v) is 4.66. The minimum atomic E-state index is -0.570. The molecule has 3 N–H and O–H groups in total. The molecule has 10 heteroatoms. The molecule has 150 valence electrons. The van der Waals surface area contributed by atoms with Crippen LogP contribution in [0.25, 0.3) is 6.08 Å². The SMILES string of the molecule is COC(=O)c1cnc(N2CCc3[nH]cnc3[C@H]2/C(N)=C/c2ncccc2F)cn1.[HH]. The Morgan fingerprint density at radius 2 is 2.24 bits per heavy atom. The van der Waals surface area contributed by atoms with Crippen LogP contribution in [-0.2, 0) is 11.2 Å². The first-order valence-electron chi connectivity index (χ1n) is 8.85. The molecule has 1 aliphatic rings. The van der Waals surface area contributed by atoms with Gasteiger partial charge in [0.15, 0.2) is 5.69 Å². The second kappa shape index (κ2) is 7.66. The number of nitrogens with one attached hydrogen (secondary N) is 1. The van der Waals surface area contributed by atoms with Crippen LogP contribution in [0.3, 0.4) is 0 Å². The predicted molar refractivity (Wildman–Crippen MR) is 104 cm³/mol. The third-order valence-electron chi connectivity index (χ3n) is 4.66. The van der Waals surface area contributed by atoms with Gasteiger partial charge < -0.3 is 20.4 Å². The van der Waals surface area contributed by atoms with Gasteiger partial charge in [-0.05, 0) is 18.2 Å². The summed E-state index contributed by atoms with van der Waals surface area (Å²) in [6, 6.07) is 2.34. The van der Waals surface area contributed by atoms with Crippen molar-refractivity contribution >= 4 is 17.9 Å². The molecule has 0 unspecified atom stereocenters. The summed E-state index contributed by atoms with van der Waals surface area (Å²) in [6.07, 6.45) is 8.10. The zero-order valence-corrected chi connectivity index (χ0v) is 15.5. The van der Waals surface area contributed by atoms with Gasteiger partial charge in [-0.25, -0.2) is 24.1 Å². The van der Waals surface area contributed by atoms with Gasteiger partial charge in [0.25, 0.3) is 0 Å². The largest absolute Gasteiger partial charge is 0.464 e. The normalized spacial score (nSPS) is 16.4. The van der Waals surface area contributed by atoms with E-state index in [9.17, 15) is 9.18 Å². The minimum absolute atomic E-state index is 0. The van der Waals surface area contributed by atoms with Crippen molar-refractivity contribution in [3.05, 3.63) is 71.3 Å². The maximum Gasteiger partial charge on any atom is 0.358 e. The summed E-state index contributed by atoms with van der Waals surface area (Å²) in [5.74, 6) is -0.532. The molecule has 0 saturated carbocycles. The lowest BCUT2D eigenvalue weighted by atomic mass is 9.99. The second-order valence-corrected chi connectivity index (χ2v) is 6.38. The fraction of sp³-hybridized carbons (Fsp3) is 0.211. The Balaban J connectivity index is 0.00000256. The van der Waals surface area contributed by atoms with Gasteiger partial charge in [0, 0.05) is 32.0 Å². The molecule has 1 aliphatic heterocycles. The van der Waals surface area contributed by atoms with E-state index in [-0.39, 0.29) is 12.8 Å². The van der Waals surface area contributed by atoms with Crippen molar-refractivity contribution in [2.45, 2.75) is 12.5 Å². The van der Waals surface area contributed by atoms with E-state index in [1.54, 1.807) is 6.33 Å².